The van der Waals surface area contributed by atoms with Crippen molar-refractivity contribution in [1.82, 2.24) is 14.3 Å². The van der Waals surface area contributed by atoms with Gasteiger partial charge in [0.2, 0.25) is 0 Å². The van der Waals surface area contributed by atoms with E-state index in [-0.39, 0.29) is 11.1 Å². The van der Waals surface area contributed by atoms with E-state index in [0.717, 1.165) is 43.0 Å². The number of aryl methyl sites for hydroxylation is 1. The second kappa shape index (κ2) is 9.17. The summed E-state index contributed by atoms with van der Waals surface area (Å²) in [6, 6.07) is 6.65. The van der Waals surface area contributed by atoms with Gasteiger partial charge in [-0.2, -0.15) is 17.9 Å². The molecule has 1 atom stereocenters. The van der Waals surface area contributed by atoms with E-state index in [0.29, 0.717) is 30.1 Å². The highest BCUT2D eigenvalue weighted by Gasteiger charge is 2.46. The molecule has 2 aliphatic rings. The molecule has 0 unspecified atom stereocenters. The van der Waals surface area contributed by atoms with Crippen molar-refractivity contribution in [3.8, 4) is 17.2 Å². The molecule has 38 heavy (non-hydrogen) atoms. The van der Waals surface area contributed by atoms with Crippen LogP contribution in [-0.2, 0) is 13.0 Å². The zero-order valence-corrected chi connectivity index (χ0v) is 21.0. The van der Waals surface area contributed by atoms with Crippen LogP contribution in [0.25, 0.3) is 5.69 Å². The molecule has 8 nitrogen and oxygen atoms in total. The molecular formula is C26H26F4N4O4. The first kappa shape index (κ1) is 25.8. The third-order valence-corrected chi connectivity index (χ3v) is 7.27. The van der Waals surface area contributed by atoms with Crippen LogP contribution in [0.5, 0.6) is 11.5 Å². The van der Waals surface area contributed by atoms with E-state index in [4.69, 9.17) is 9.47 Å². The molecule has 1 spiro atoms. The van der Waals surface area contributed by atoms with E-state index >= 15 is 4.39 Å². The van der Waals surface area contributed by atoms with Gasteiger partial charge in [-0.15, -0.1) is 5.10 Å². The summed E-state index contributed by atoms with van der Waals surface area (Å²) in [5, 5.41) is 6.87. The Morgan fingerprint density at radius 3 is 2.58 bits per heavy atom. The topological polar surface area (TPSA) is 87.4 Å². The number of amides is 1. The van der Waals surface area contributed by atoms with Crippen LogP contribution in [0.2, 0.25) is 0 Å². The Morgan fingerprint density at radius 1 is 1.18 bits per heavy atom. The van der Waals surface area contributed by atoms with Gasteiger partial charge in [0, 0.05) is 19.0 Å². The Morgan fingerprint density at radius 2 is 1.92 bits per heavy atom. The minimum atomic E-state index is -4.76. The maximum Gasteiger partial charge on any atom is 0.425 e. The molecule has 0 radical (unpaired) electrons. The summed E-state index contributed by atoms with van der Waals surface area (Å²) in [4.78, 5) is 26.2. The lowest BCUT2D eigenvalue weighted by Gasteiger charge is -2.21. The number of rotatable bonds is 6. The molecule has 1 N–H and O–H groups in total. The zero-order valence-electron chi connectivity index (χ0n) is 21.0. The monoisotopic (exact) mass is 534 g/mol. The van der Waals surface area contributed by atoms with Gasteiger partial charge in [0.15, 0.2) is 6.10 Å². The fraction of sp³-hybridized carbons (Fsp3) is 0.423. The number of nitrogens with one attached hydrogen (secondary N) is 1. The fourth-order valence-electron chi connectivity index (χ4n) is 4.71. The molecule has 0 saturated heterocycles. The minimum Gasteiger partial charge on any atom is -0.495 e. The maximum absolute atomic E-state index is 15.4. The van der Waals surface area contributed by atoms with Crippen molar-refractivity contribution in [1.29, 1.82) is 0 Å². The van der Waals surface area contributed by atoms with Gasteiger partial charge in [-0.05, 0) is 56.2 Å². The molecule has 2 heterocycles. The van der Waals surface area contributed by atoms with Crippen molar-refractivity contribution in [2.75, 3.05) is 12.4 Å². The number of para-hydroxylation sites is 1. The Hall–Kier alpha value is -3.83. The van der Waals surface area contributed by atoms with Crippen molar-refractivity contribution < 1.29 is 31.8 Å². The first-order valence-electron chi connectivity index (χ1n) is 12.1. The van der Waals surface area contributed by atoms with Gasteiger partial charge < -0.3 is 14.8 Å². The summed E-state index contributed by atoms with van der Waals surface area (Å²) in [6.45, 7) is 2.90. The summed E-state index contributed by atoms with van der Waals surface area (Å²) >= 11 is 0. The minimum absolute atomic E-state index is 0.124. The van der Waals surface area contributed by atoms with Gasteiger partial charge in [-0.3, -0.25) is 9.36 Å². The number of hydrogen-bond acceptors (Lipinski definition) is 5. The second-order valence-electron chi connectivity index (χ2n) is 9.90. The van der Waals surface area contributed by atoms with Crippen LogP contribution in [-0.4, -0.2) is 39.6 Å². The van der Waals surface area contributed by atoms with Crippen molar-refractivity contribution in [2.24, 2.45) is 5.41 Å². The van der Waals surface area contributed by atoms with Gasteiger partial charge in [0.05, 0.1) is 18.4 Å². The summed E-state index contributed by atoms with van der Waals surface area (Å²) in [7, 11) is 1.39. The number of anilines is 1. The second-order valence-corrected chi connectivity index (χ2v) is 9.90. The average molecular weight is 535 g/mol. The molecule has 1 saturated carbocycles. The molecule has 3 aromatic rings. The Balaban J connectivity index is 1.57. The predicted molar refractivity (Wildman–Crippen MR) is 130 cm³/mol. The lowest BCUT2D eigenvalue weighted by molar-refractivity contribution is -0.189. The van der Waals surface area contributed by atoms with E-state index in [9.17, 15) is 22.8 Å². The van der Waals surface area contributed by atoms with Gasteiger partial charge in [0.1, 0.15) is 28.8 Å². The molecule has 2 aromatic carbocycles. The number of nitrogens with zero attached hydrogens (tertiary/aromatic N) is 3. The predicted octanol–water partition coefficient (Wildman–Crippen LogP) is 4.80. The van der Waals surface area contributed by atoms with Crippen LogP contribution in [0.15, 0.2) is 35.1 Å². The Kier molecular flexibility index (Phi) is 6.23. The number of fused-ring (bicyclic) bond motifs is 1. The first-order valence-corrected chi connectivity index (χ1v) is 12.1. The number of aromatic nitrogens is 3. The molecule has 12 heteroatoms. The van der Waals surface area contributed by atoms with Crippen molar-refractivity contribution >= 4 is 11.6 Å². The van der Waals surface area contributed by atoms with E-state index in [1.165, 1.54) is 11.7 Å². The van der Waals surface area contributed by atoms with Crippen molar-refractivity contribution in [3.63, 3.8) is 0 Å². The number of benzene rings is 2. The highest BCUT2D eigenvalue weighted by molar-refractivity contribution is 6.07. The molecule has 1 aromatic heterocycles. The van der Waals surface area contributed by atoms with Crippen molar-refractivity contribution in [2.45, 2.75) is 58.4 Å². The quantitative estimate of drug-likeness (QED) is 0.460. The average Bonchev–Trinajstić information content (AvgIpc) is 3.53. The molecule has 5 rings (SSSR count). The zero-order chi connectivity index (χ0) is 27.4. The number of carbonyl (C=O) groups is 1. The van der Waals surface area contributed by atoms with Gasteiger partial charge >= 0.3 is 11.9 Å². The van der Waals surface area contributed by atoms with Crippen LogP contribution in [0.4, 0.5) is 23.2 Å². The standard InChI is InChI=1S/C26H26F4N4O4/c1-14-5-4-6-19(37-3)22(14)31-23(35)16-11-17(27)18(12-20(16)38-15(2)26(28,29)30)34-24(36)33-10-9-25(7-8-25)13-21(33)32-34/h4-6,11-12,15H,7-10,13H2,1-3H3,(H,31,35)/t15-/m0/s1. The molecule has 1 amide bonds. The molecule has 202 valence electrons. The molecule has 0 bridgehead atoms. The lowest BCUT2D eigenvalue weighted by Crippen LogP contribution is -2.32. The summed E-state index contributed by atoms with van der Waals surface area (Å²) in [5.41, 5.74) is -0.487. The normalized spacial score (nSPS) is 16.6. The van der Waals surface area contributed by atoms with Gasteiger partial charge in [0.25, 0.3) is 5.91 Å². The first-order chi connectivity index (χ1) is 17.9. The fourth-order valence-corrected chi connectivity index (χ4v) is 4.71. The molecule has 1 aliphatic carbocycles. The summed E-state index contributed by atoms with van der Waals surface area (Å²) < 4.78 is 68.2. The Bertz CT molecular complexity index is 1470. The maximum atomic E-state index is 15.4. The summed E-state index contributed by atoms with van der Waals surface area (Å²) in [5.74, 6) is -1.67. The third kappa shape index (κ3) is 4.63. The summed E-state index contributed by atoms with van der Waals surface area (Å²) in [6.07, 6.45) is -3.63. The number of alkyl halides is 3. The highest BCUT2D eigenvalue weighted by Crippen LogP contribution is 2.53. The van der Waals surface area contributed by atoms with Gasteiger partial charge in [-0.1, -0.05) is 12.1 Å². The SMILES string of the molecule is COc1cccc(C)c1NC(=O)c1cc(F)c(-n2nc3n(c2=O)CCC2(CC2)C3)cc1O[C@@H](C)C(F)(F)F. The number of halogens is 4. The largest absolute Gasteiger partial charge is 0.495 e. The molecule has 1 aliphatic heterocycles. The van der Waals surface area contributed by atoms with Crippen LogP contribution in [0, 0.1) is 18.2 Å². The third-order valence-electron chi connectivity index (χ3n) is 7.27. The molecular weight excluding hydrogens is 508 g/mol. The van der Waals surface area contributed by atoms with Crippen LogP contribution in [0.3, 0.4) is 0 Å². The smallest absolute Gasteiger partial charge is 0.425 e. The highest BCUT2D eigenvalue weighted by atomic mass is 19.4. The van der Waals surface area contributed by atoms with Crippen LogP contribution < -0.4 is 20.5 Å². The Labute approximate surface area is 215 Å². The van der Waals surface area contributed by atoms with E-state index < -0.39 is 46.7 Å². The van der Waals surface area contributed by atoms with Crippen molar-refractivity contribution in [3.05, 3.63) is 63.6 Å². The van der Waals surface area contributed by atoms with Gasteiger partial charge in [-0.25, -0.2) is 9.18 Å². The number of methoxy groups -OCH3 is 1. The number of hydrogen-bond donors (Lipinski definition) is 1. The van der Waals surface area contributed by atoms with E-state index in [1.54, 1.807) is 25.1 Å². The number of ether oxygens (including phenoxy) is 2. The number of carbonyl (C=O) groups excluding carboxylic acids is 1. The van der Waals surface area contributed by atoms with E-state index in [1.807, 2.05) is 0 Å². The van der Waals surface area contributed by atoms with Crippen LogP contribution in [0.1, 0.15) is 47.9 Å². The van der Waals surface area contributed by atoms with E-state index in [2.05, 4.69) is 10.4 Å². The lowest BCUT2D eigenvalue weighted by atomic mass is 9.95. The van der Waals surface area contributed by atoms with Crippen LogP contribution >= 0.6 is 0 Å². The molecule has 1 fully saturated rings.